The topological polar surface area (TPSA) is 56.9 Å². The third kappa shape index (κ3) is 2.95. The van der Waals surface area contributed by atoms with Crippen molar-refractivity contribution < 1.29 is 4.79 Å². The fourth-order valence-electron chi connectivity index (χ4n) is 5.19. The molecule has 4 heteroatoms. The van der Waals surface area contributed by atoms with Crippen molar-refractivity contribution in [3.63, 3.8) is 0 Å². The van der Waals surface area contributed by atoms with Crippen molar-refractivity contribution in [3.8, 4) is 0 Å². The maximum Gasteiger partial charge on any atom is 0.257 e. The summed E-state index contributed by atoms with van der Waals surface area (Å²) in [5.41, 5.74) is 6.04. The number of rotatable bonds is 3. The van der Waals surface area contributed by atoms with Crippen LogP contribution in [0.25, 0.3) is 10.9 Å². The summed E-state index contributed by atoms with van der Waals surface area (Å²) in [6.45, 7) is 0. The zero-order valence-corrected chi connectivity index (χ0v) is 17.0. The number of benzene rings is 3. The van der Waals surface area contributed by atoms with Crippen LogP contribution in [-0.2, 0) is 0 Å². The second-order valence-corrected chi connectivity index (χ2v) is 8.36. The van der Waals surface area contributed by atoms with Gasteiger partial charge in [-0.15, -0.1) is 0 Å². The van der Waals surface area contributed by atoms with Gasteiger partial charge < -0.3 is 15.6 Å². The molecule has 2 aliphatic rings. The van der Waals surface area contributed by atoms with Gasteiger partial charge in [0.05, 0.1) is 17.3 Å². The number of amides is 1. The number of hydrogen-bond donors (Lipinski definition) is 3. The number of aromatic nitrogens is 1. The summed E-state index contributed by atoms with van der Waals surface area (Å²) < 4.78 is 0. The molecule has 3 N–H and O–H groups in total. The molecule has 0 spiro atoms. The molecule has 3 unspecified atom stereocenters. The minimum atomic E-state index is -0.0892. The van der Waals surface area contributed by atoms with Crippen LogP contribution in [-0.4, -0.2) is 10.9 Å². The van der Waals surface area contributed by atoms with E-state index in [0.717, 1.165) is 23.3 Å². The predicted molar refractivity (Wildman–Crippen MR) is 125 cm³/mol. The van der Waals surface area contributed by atoms with Crippen LogP contribution in [0.4, 0.5) is 11.4 Å². The van der Waals surface area contributed by atoms with Crippen LogP contribution in [0, 0.1) is 5.92 Å². The Bertz CT molecular complexity index is 1300. The van der Waals surface area contributed by atoms with Crippen LogP contribution in [0.3, 0.4) is 0 Å². The van der Waals surface area contributed by atoms with Gasteiger partial charge in [-0.2, -0.15) is 0 Å². The SMILES string of the molecule is O=C(Nc1ccccc1)c1cccc2c1NC(c1c[nH]c3ccccc13)C1CC=CC21. The van der Waals surface area contributed by atoms with Crippen molar-refractivity contribution in [3.05, 3.63) is 108 Å². The third-order valence-corrected chi connectivity index (χ3v) is 6.63. The molecule has 6 rings (SSSR count). The Hall–Kier alpha value is -3.79. The van der Waals surface area contributed by atoms with Gasteiger partial charge in [0.1, 0.15) is 0 Å². The number of carbonyl (C=O) groups excluding carboxylic acids is 1. The Labute approximate surface area is 181 Å². The first-order valence-corrected chi connectivity index (χ1v) is 10.8. The summed E-state index contributed by atoms with van der Waals surface area (Å²) in [4.78, 5) is 16.6. The normalized spacial score (nSPS) is 21.4. The van der Waals surface area contributed by atoms with Gasteiger partial charge in [0, 0.05) is 28.7 Å². The van der Waals surface area contributed by atoms with Crippen molar-refractivity contribution >= 4 is 28.2 Å². The van der Waals surface area contributed by atoms with Crippen molar-refractivity contribution in [2.75, 3.05) is 10.6 Å². The molecule has 0 saturated carbocycles. The molecule has 3 atom stereocenters. The lowest BCUT2D eigenvalue weighted by Crippen LogP contribution is -2.30. The molecule has 0 saturated heterocycles. The van der Waals surface area contributed by atoms with Crippen LogP contribution in [0.1, 0.15) is 39.9 Å². The van der Waals surface area contributed by atoms with Crippen molar-refractivity contribution in [2.24, 2.45) is 5.92 Å². The Morgan fingerprint density at radius 2 is 1.74 bits per heavy atom. The van der Waals surface area contributed by atoms with Crippen molar-refractivity contribution in [1.29, 1.82) is 0 Å². The highest BCUT2D eigenvalue weighted by Gasteiger charge is 2.40. The lowest BCUT2D eigenvalue weighted by atomic mass is 9.76. The van der Waals surface area contributed by atoms with Gasteiger partial charge in [-0.25, -0.2) is 0 Å². The summed E-state index contributed by atoms with van der Waals surface area (Å²) in [6.07, 6.45) is 7.74. The maximum atomic E-state index is 13.2. The van der Waals surface area contributed by atoms with Crippen LogP contribution in [0.15, 0.2) is 91.1 Å². The lowest BCUT2D eigenvalue weighted by molar-refractivity contribution is 0.102. The molecular weight excluding hydrogens is 382 g/mol. The molecule has 0 radical (unpaired) electrons. The van der Waals surface area contributed by atoms with Crippen LogP contribution in [0.2, 0.25) is 0 Å². The van der Waals surface area contributed by atoms with Gasteiger partial charge in [0.25, 0.3) is 5.91 Å². The first-order valence-electron chi connectivity index (χ1n) is 10.8. The molecule has 0 bridgehead atoms. The van der Waals surface area contributed by atoms with E-state index in [1.165, 1.54) is 16.5 Å². The van der Waals surface area contributed by atoms with Crippen LogP contribution in [0.5, 0.6) is 0 Å². The van der Waals surface area contributed by atoms with Gasteiger partial charge in [0.15, 0.2) is 0 Å². The molecule has 1 aromatic heterocycles. The number of H-pyrrole nitrogens is 1. The standard InChI is InChI=1S/C27H23N3O/c31-27(29-17-8-2-1-3-9-17)22-14-7-13-20-18-11-6-12-21(18)26(30-25(20)22)23-16-28-24-15-5-4-10-19(23)24/h1-11,13-16,18,21,26,28,30H,12H2,(H,29,31). The number of para-hydroxylation sites is 3. The van der Waals surface area contributed by atoms with Gasteiger partial charge in [-0.3, -0.25) is 4.79 Å². The highest BCUT2D eigenvalue weighted by molar-refractivity contribution is 6.08. The van der Waals surface area contributed by atoms with E-state index in [1.807, 2.05) is 42.5 Å². The first-order chi connectivity index (χ1) is 15.3. The second-order valence-electron chi connectivity index (χ2n) is 8.36. The number of nitrogens with one attached hydrogen (secondary N) is 3. The lowest BCUT2D eigenvalue weighted by Gasteiger charge is -2.38. The summed E-state index contributed by atoms with van der Waals surface area (Å²) >= 11 is 0. The zero-order valence-electron chi connectivity index (χ0n) is 17.0. The monoisotopic (exact) mass is 405 g/mol. The second kappa shape index (κ2) is 7.17. The molecule has 1 amide bonds. The van der Waals surface area contributed by atoms with Gasteiger partial charge in [0.2, 0.25) is 0 Å². The van der Waals surface area contributed by atoms with E-state index in [2.05, 4.69) is 64.3 Å². The molecule has 0 fully saturated rings. The van der Waals surface area contributed by atoms with Crippen LogP contribution < -0.4 is 10.6 Å². The Morgan fingerprint density at radius 3 is 2.65 bits per heavy atom. The number of carbonyl (C=O) groups is 1. The van der Waals surface area contributed by atoms with E-state index in [-0.39, 0.29) is 11.9 Å². The fourth-order valence-corrected chi connectivity index (χ4v) is 5.19. The minimum absolute atomic E-state index is 0.0892. The molecule has 1 aliphatic carbocycles. The number of aromatic amines is 1. The van der Waals surface area contributed by atoms with E-state index in [0.29, 0.717) is 17.4 Å². The number of anilines is 2. The highest BCUT2D eigenvalue weighted by Crippen LogP contribution is 2.51. The number of allylic oxidation sites excluding steroid dienone is 2. The molecular formula is C27H23N3O. The van der Waals surface area contributed by atoms with Gasteiger partial charge in [-0.05, 0) is 47.7 Å². The van der Waals surface area contributed by atoms with Gasteiger partial charge in [-0.1, -0.05) is 60.7 Å². The Kier molecular flexibility index (Phi) is 4.17. The quantitative estimate of drug-likeness (QED) is 0.353. The summed E-state index contributed by atoms with van der Waals surface area (Å²) in [5, 5.41) is 8.06. The maximum absolute atomic E-state index is 13.2. The van der Waals surface area contributed by atoms with E-state index < -0.39 is 0 Å². The first kappa shape index (κ1) is 18.0. The smallest absolute Gasteiger partial charge is 0.257 e. The largest absolute Gasteiger partial charge is 0.377 e. The minimum Gasteiger partial charge on any atom is -0.377 e. The van der Waals surface area contributed by atoms with Gasteiger partial charge >= 0.3 is 0 Å². The fraction of sp³-hybridized carbons (Fsp3) is 0.148. The average molecular weight is 406 g/mol. The molecule has 4 aromatic rings. The van der Waals surface area contributed by atoms with Crippen LogP contribution >= 0.6 is 0 Å². The molecule has 31 heavy (non-hydrogen) atoms. The van der Waals surface area contributed by atoms with E-state index >= 15 is 0 Å². The molecule has 152 valence electrons. The summed E-state index contributed by atoms with van der Waals surface area (Å²) in [6, 6.07) is 24.2. The van der Waals surface area contributed by atoms with Crippen molar-refractivity contribution in [2.45, 2.75) is 18.4 Å². The van der Waals surface area contributed by atoms with E-state index in [1.54, 1.807) is 0 Å². The Morgan fingerprint density at radius 1 is 0.903 bits per heavy atom. The third-order valence-electron chi connectivity index (χ3n) is 6.63. The summed E-state index contributed by atoms with van der Waals surface area (Å²) in [5.74, 6) is 0.646. The predicted octanol–water partition coefficient (Wildman–Crippen LogP) is 6.25. The number of fused-ring (bicyclic) bond motifs is 4. The highest BCUT2D eigenvalue weighted by atomic mass is 16.1. The molecule has 1 aliphatic heterocycles. The summed E-state index contributed by atoms with van der Waals surface area (Å²) in [7, 11) is 0. The zero-order chi connectivity index (χ0) is 20.8. The van der Waals surface area contributed by atoms with E-state index in [4.69, 9.17) is 0 Å². The molecule has 4 nitrogen and oxygen atoms in total. The number of hydrogen-bond acceptors (Lipinski definition) is 2. The molecule has 2 heterocycles. The van der Waals surface area contributed by atoms with E-state index in [9.17, 15) is 4.79 Å². The van der Waals surface area contributed by atoms with Crippen molar-refractivity contribution in [1.82, 2.24) is 4.98 Å². The Balaban J connectivity index is 1.43. The average Bonchev–Trinajstić information content (AvgIpc) is 3.46. The molecule has 3 aromatic carbocycles.